The first kappa shape index (κ1) is 12.8. The Morgan fingerprint density at radius 3 is 2.78 bits per heavy atom. The number of aryl methyl sites for hydroxylation is 1. The van der Waals surface area contributed by atoms with Gasteiger partial charge in [0.15, 0.2) is 0 Å². The first-order valence-electron chi connectivity index (χ1n) is 5.38. The summed E-state index contributed by atoms with van der Waals surface area (Å²) in [6.45, 7) is 2.06. The molecule has 0 atom stereocenters. The van der Waals surface area contributed by atoms with E-state index in [4.69, 9.17) is 5.73 Å². The number of anilines is 1. The Labute approximate surface area is 112 Å². The number of nitrogens with two attached hydrogens (primary N) is 1. The zero-order chi connectivity index (χ0) is 13.3. The summed E-state index contributed by atoms with van der Waals surface area (Å²) < 4.78 is 15.7. The van der Waals surface area contributed by atoms with E-state index in [0.29, 0.717) is 17.7 Å². The van der Waals surface area contributed by atoms with Crippen molar-refractivity contribution in [1.29, 1.82) is 0 Å². The van der Waals surface area contributed by atoms with E-state index in [1.165, 1.54) is 16.7 Å². The zero-order valence-electron chi connectivity index (χ0n) is 9.78. The molecule has 0 fully saturated rings. The molecule has 1 aromatic heterocycles. The third-order valence-corrected chi connectivity index (χ3v) is 3.08. The van der Waals surface area contributed by atoms with E-state index in [9.17, 15) is 9.18 Å². The number of hydrogen-bond acceptors (Lipinski definition) is 2. The number of pyridine rings is 1. The summed E-state index contributed by atoms with van der Waals surface area (Å²) in [6, 6.07) is 6.31. The van der Waals surface area contributed by atoms with Crippen LogP contribution in [0.5, 0.6) is 0 Å². The smallest absolute Gasteiger partial charge is 0.253 e. The molecule has 94 valence electrons. The van der Waals surface area contributed by atoms with Crippen LogP contribution >= 0.6 is 15.9 Å². The molecule has 0 spiro atoms. The van der Waals surface area contributed by atoms with E-state index in [2.05, 4.69) is 15.9 Å². The van der Waals surface area contributed by atoms with Gasteiger partial charge < -0.3 is 10.3 Å². The van der Waals surface area contributed by atoms with Gasteiger partial charge in [-0.2, -0.15) is 0 Å². The summed E-state index contributed by atoms with van der Waals surface area (Å²) in [5.74, 6) is -0.465. The minimum atomic E-state index is -0.465. The van der Waals surface area contributed by atoms with Gasteiger partial charge in [-0.05, 0) is 46.6 Å². The van der Waals surface area contributed by atoms with Crippen LogP contribution in [-0.4, -0.2) is 4.57 Å². The van der Waals surface area contributed by atoms with Crippen LogP contribution in [0.25, 0.3) is 0 Å². The second-order valence-corrected chi connectivity index (χ2v) is 5.05. The molecule has 0 saturated carbocycles. The fourth-order valence-electron chi connectivity index (χ4n) is 1.72. The lowest BCUT2D eigenvalue weighted by atomic mass is 10.2. The average Bonchev–Trinajstić information content (AvgIpc) is 2.30. The van der Waals surface area contributed by atoms with Gasteiger partial charge in [0.05, 0.1) is 12.2 Å². The third-order valence-electron chi connectivity index (χ3n) is 2.65. The Morgan fingerprint density at radius 1 is 1.39 bits per heavy atom. The highest BCUT2D eigenvalue weighted by molar-refractivity contribution is 9.10. The molecule has 2 aromatic rings. The van der Waals surface area contributed by atoms with E-state index >= 15 is 0 Å². The fraction of sp³-hybridized carbons (Fsp3) is 0.154. The Kier molecular flexibility index (Phi) is 3.52. The first-order valence-corrected chi connectivity index (χ1v) is 6.17. The highest BCUT2D eigenvalue weighted by Crippen LogP contribution is 2.14. The lowest BCUT2D eigenvalue weighted by Gasteiger charge is -2.08. The van der Waals surface area contributed by atoms with E-state index in [1.54, 1.807) is 25.3 Å². The average molecular weight is 311 g/mol. The number of rotatable bonds is 2. The van der Waals surface area contributed by atoms with Crippen molar-refractivity contribution in [2.24, 2.45) is 0 Å². The zero-order valence-corrected chi connectivity index (χ0v) is 11.4. The highest BCUT2D eigenvalue weighted by atomic mass is 79.9. The number of halogens is 2. The van der Waals surface area contributed by atoms with Crippen LogP contribution in [0.4, 0.5) is 10.1 Å². The maximum atomic E-state index is 13.3. The van der Waals surface area contributed by atoms with Gasteiger partial charge in [0.25, 0.3) is 5.56 Å². The van der Waals surface area contributed by atoms with Crippen molar-refractivity contribution in [1.82, 2.24) is 4.57 Å². The topological polar surface area (TPSA) is 48.0 Å². The standard InChI is InChI=1S/C13H12BrFN2O/c1-8-4-10(14)7-17(13(8)18)6-9-2-3-12(16)11(15)5-9/h2-5,7H,6,16H2,1H3. The van der Waals surface area contributed by atoms with Crippen molar-refractivity contribution < 1.29 is 4.39 Å². The van der Waals surface area contributed by atoms with Gasteiger partial charge in [0.2, 0.25) is 0 Å². The van der Waals surface area contributed by atoms with Crippen LogP contribution in [-0.2, 0) is 6.54 Å². The monoisotopic (exact) mass is 310 g/mol. The van der Waals surface area contributed by atoms with Gasteiger partial charge in [-0.3, -0.25) is 4.79 Å². The quantitative estimate of drug-likeness (QED) is 0.867. The molecule has 0 radical (unpaired) electrons. The molecular weight excluding hydrogens is 299 g/mol. The van der Waals surface area contributed by atoms with Gasteiger partial charge in [0.1, 0.15) is 5.82 Å². The number of benzene rings is 1. The van der Waals surface area contributed by atoms with Crippen molar-refractivity contribution in [2.75, 3.05) is 5.73 Å². The number of hydrogen-bond donors (Lipinski definition) is 1. The second kappa shape index (κ2) is 4.94. The number of nitrogen functional groups attached to an aromatic ring is 1. The van der Waals surface area contributed by atoms with Gasteiger partial charge in [-0.15, -0.1) is 0 Å². The van der Waals surface area contributed by atoms with Gasteiger partial charge in [0, 0.05) is 16.2 Å². The van der Waals surface area contributed by atoms with E-state index in [1.807, 2.05) is 0 Å². The van der Waals surface area contributed by atoms with Crippen molar-refractivity contribution in [3.05, 3.63) is 62.2 Å². The van der Waals surface area contributed by atoms with E-state index in [0.717, 1.165) is 4.47 Å². The SMILES string of the molecule is Cc1cc(Br)cn(Cc2ccc(N)c(F)c2)c1=O. The van der Waals surface area contributed by atoms with Gasteiger partial charge in [-0.1, -0.05) is 6.07 Å². The summed E-state index contributed by atoms with van der Waals surface area (Å²) in [4.78, 5) is 11.9. The second-order valence-electron chi connectivity index (χ2n) is 4.13. The van der Waals surface area contributed by atoms with Crippen molar-refractivity contribution >= 4 is 21.6 Å². The van der Waals surface area contributed by atoms with E-state index in [-0.39, 0.29) is 11.2 Å². The molecule has 0 amide bonds. The maximum Gasteiger partial charge on any atom is 0.253 e. The molecule has 0 aliphatic rings. The number of aromatic nitrogens is 1. The minimum Gasteiger partial charge on any atom is -0.396 e. The summed E-state index contributed by atoms with van der Waals surface area (Å²) in [7, 11) is 0. The molecule has 18 heavy (non-hydrogen) atoms. The van der Waals surface area contributed by atoms with Gasteiger partial charge >= 0.3 is 0 Å². The Bertz CT molecular complexity index is 652. The van der Waals surface area contributed by atoms with Crippen LogP contribution in [0.15, 0.2) is 39.7 Å². The predicted octanol–water partition coefficient (Wildman–Crippen LogP) is 2.69. The van der Waals surface area contributed by atoms with Gasteiger partial charge in [-0.25, -0.2) is 4.39 Å². The Hall–Kier alpha value is -1.62. The van der Waals surface area contributed by atoms with Crippen LogP contribution in [0.3, 0.4) is 0 Å². The predicted molar refractivity (Wildman–Crippen MR) is 73.1 cm³/mol. The molecule has 5 heteroatoms. The van der Waals surface area contributed by atoms with Crippen LogP contribution in [0.1, 0.15) is 11.1 Å². The summed E-state index contributed by atoms with van der Waals surface area (Å²) in [6.07, 6.45) is 1.68. The molecule has 3 nitrogen and oxygen atoms in total. The first-order chi connectivity index (χ1) is 8.47. The molecule has 0 bridgehead atoms. The Morgan fingerprint density at radius 2 is 2.11 bits per heavy atom. The molecule has 0 aliphatic heterocycles. The normalized spacial score (nSPS) is 10.6. The van der Waals surface area contributed by atoms with E-state index < -0.39 is 5.82 Å². The lowest BCUT2D eigenvalue weighted by molar-refractivity contribution is 0.627. The summed E-state index contributed by atoms with van der Waals surface area (Å²) >= 11 is 3.33. The molecule has 2 rings (SSSR count). The largest absolute Gasteiger partial charge is 0.396 e. The third kappa shape index (κ3) is 2.61. The lowest BCUT2D eigenvalue weighted by Crippen LogP contribution is -2.22. The summed E-state index contributed by atoms with van der Waals surface area (Å²) in [5, 5.41) is 0. The molecule has 0 saturated heterocycles. The highest BCUT2D eigenvalue weighted by Gasteiger charge is 2.05. The number of nitrogens with zero attached hydrogens (tertiary/aromatic N) is 1. The van der Waals surface area contributed by atoms with Crippen LogP contribution < -0.4 is 11.3 Å². The van der Waals surface area contributed by atoms with Crippen molar-refractivity contribution in [3.63, 3.8) is 0 Å². The molecule has 1 aromatic carbocycles. The van der Waals surface area contributed by atoms with Crippen LogP contribution in [0.2, 0.25) is 0 Å². The molecule has 0 aliphatic carbocycles. The molecule has 0 unspecified atom stereocenters. The van der Waals surface area contributed by atoms with Crippen molar-refractivity contribution in [3.8, 4) is 0 Å². The fourth-order valence-corrected chi connectivity index (χ4v) is 2.31. The maximum absolute atomic E-state index is 13.3. The molecule has 1 heterocycles. The Balaban J connectivity index is 2.40. The molecule has 2 N–H and O–H groups in total. The molecular formula is C13H12BrFN2O. The minimum absolute atomic E-state index is 0.0876. The van der Waals surface area contributed by atoms with Crippen molar-refractivity contribution in [2.45, 2.75) is 13.5 Å². The summed E-state index contributed by atoms with van der Waals surface area (Å²) in [5.41, 5.74) is 6.76. The van der Waals surface area contributed by atoms with Crippen LogP contribution in [0, 0.1) is 12.7 Å².